The first kappa shape index (κ1) is 23.6. The highest BCUT2D eigenvalue weighted by molar-refractivity contribution is 5.79. The van der Waals surface area contributed by atoms with Crippen molar-refractivity contribution in [2.24, 2.45) is 5.16 Å². The lowest BCUT2D eigenvalue weighted by atomic mass is 10.2. The third kappa shape index (κ3) is 14.0. The molecule has 0 aliphatic heterocycles. The fraction of sp³-hybridized carbons (Fsp3) is 0.750. The van der Waals surface area contributed by atoms with E-state index in [1.807, 2.05) is 0 Å². The van der Waals surface area contributed by atoms with Crippen molar-refractivity contribution < 1.29 is 33.4 Å². The van der Waals surface area contributed by atoms with Crippen LogP contribution in [0.1, 0.15) is 33.6 Å². The number of alkyl carbamates (subject to hydrolysis) is 2. The summed E-state index contributed by atoms with van der Waals surface area (Å²) in [6.07, 6.45) is 0.378. The second-order valence-corrected chi connectivity index (χ2v) is 5.03. The molecule has 0 aliphatic carbocycles. The van der Waals surface area contributed by atoms with E-state index >= 15 is 0 Å². The number of amides is 2. The van der Waals surface area contributed by atoms with Crippen molar-refractivity contribution in [2.45, 2.75) is 39.7 Å². The minimum absolute atomic E-state index is 0.0759. The molecule has 0 rings (SSSR count). The maximum Gasteiger partial charge on any atom is 0.407 e. The van der Waals surface area contributed by atoms with Gasteiger partial charge in [-0.15, -0.1) is 0 Å². The molecule has 0 spiro atoms. The number of nitrogens with one attached hydrogen (secondary N) is 2. The van der Waals surface area contributed by atoms with Crippen LogP contribution in [0.5, 0.6) is 0 Å². The first-order valence-electron chi connectivity index (χ1n) is 8.57. The van der Waals surface area contributed by atoms with Gasteiger partial charge in [0.05, 0.1) is 0 Å². The smallest absolute Gasteiger partial charge is 0.407 e. The monoisotopic (exact) mass is 375 g/mol. The fourth-order valence-electron chi connectivity index (χ4n) is 1.65. The zero-order valence-electron chi connectivity index (χ0n) is 15.6. The van der Waals surface area contributed by atoms with E-state index in [1.54, 1.807) is 20.8 Å². The minimum atomic E-state index is -0.628. The Kier molecular flexibility index (Phi) is 14.7. The van der Waals surface area contributed by atoms with Gasteiger partial charge in [-0.1, -0.05) is 5.16 Å². The normalized spacial score (nSPS) is 10.6. The third-order valence-corrected chi connectivity index (χ3v) is 2.80. The summed E-state index contributed by atoms with van der Waals surface area (Å²) < 4.78 is 15.5. The van der Waals surface area contributed by atoms with Crippen LogP contribution in [0, 0.1) is 0 Å². The Balaban J connectivity index is 4.17. The number of nitrogens with zero attached hydrogens (tertiary/aromatic N) is 1. The standard InChI is InChI=1S/C16H29N3O7/c1-4-17-15(21)24-11-14(12-25-16(22)18-5-2)23-9-7-8-13(20)10-26-19-6-3/h6,14H,4-5,7-12H2,1-3H3,(H,17,21)(H,18,22)/b19-6+. The topological polar surface area (TPSA) is 125 Å². The van der Waals surface area contributed by atoms with Crippen LogP contribution in [0.3, 0.4) is 0 Å². The summed E-state index contributed by atoms with van der Waals surface area (Å²) in [5.74, 6) is -0.104. The Bertz CT molecular complexity index is 422. The minimum Gasteiger partial charge on any atom is -0.447 e. The Hall–Kier alpha value is -2.36. The van der Waals surface area contributed by atoms with Gasteiger partial charge in [0.25, 0.3) is 0 Å². The molecular weight excluding hydrogens is 346 g/mol. The van der Waals surface area contributed by atoms with E-state index in [0.29, 0.717) is 19.5 Å². The summed E-state index contributed by atoms with van der Waals surface area (Å²) in [5.41, 5.74) is 0. The molecule has 2 N–H and O–H groups in total. The number of hydrogen-bond donors (Lipinski definition) is 2. The van der Waals surface area contributed by atoms with E-state index < -0.39 is 18.3 Å². The van der Waals surface area contributed by atoms with Crippen LogP contribution in [0.4, 0.5) is 9.59 Å². The number of hydrogen-bond acceptors (Lipinski definition) is 8. The predicted octanol–water partition coefficient (Wildman–Crippen LogP) is 1.24. The van der Waals surface area contributed by atoms with E-state index in [0.717, 1.165) is 0 Å². The van der Waals surface area contributed by atoms with Crippen molar-refractivity contribution in [3.05, 3.63) is 0 Å². The molecule has 0 atom stereocenters. The number of carbonyl (C=O) groups excluding carboxylic acids is 3. The van der Waals surface area contributed by atoms with Crippen LogP contribution < -0.4 is 10.6 Å². The molecule has 0 aromatic carbocycles. The summed E-state index contributed by atoms with van der Waals surface area (Å²) in [6.45, 7) is 6.09. The van der Waals surface area contributed by atoms with Crippen molar-refractivity contribution in [3.63, 3.8) is 0 Å². The van der Waals surface area contributed by atoms with Gasteiger partial charge in [0.1, 0.15) is 19.3 Å². The van der Waals surface area contributed by atoms with Gasteiger partial charge >= 0.3 is 12.2 Å². The van der Waals surface area contributed by atoms with Crippen molar-refractivity contribution >= 4 is 24.2 Å². The number of ether oxygens (including phenoxy) is 3. The van der Waals surface area contributed by atoms with Crippen LogP contribution in [0.2, 0.25) is 0 Å². The van der Waals surface area contributed by atoms with Crippen LogP contribution in [-0.2, 0) is 23.8 Å². The number of ketones is 1. The zero-order chi connectivity index (χ0) is 19.6. The lowest BCUT2D eigenvalue weighted by molar-refractivity contribution is -0.124. The molecule has 0 bridgehead atoms. The van der Waals surface area contributed by atoms with Crippen LogP contribution in [0.15, 0.2) is 5.16 Å². The SMILES string of the molecule is C/C=N/OCC(=O)CCCOC(COC(=O)NCC)COC(=O)NCC. The van der Waals surface area contributed by atoms with Gasteiger partial charge < -0.3 is 29.7 Å². The van der Waals surface area contributed by atoms with E-state index in [9.17, 15) is 14.4 Å². The van der Waals surface area contributed by atoms with Crippen molar-refractivity contribution in [1.29, 1.82) is 0 Å². The number of carbonyl (C=O) groups is 3. The quantitative estimate of drug-likeness (QED) is 0.266. The highest BCUT2D eigenvalue weighted by Crippen LogP contribution is 2.01. The molecule has 0 saturated heterocycles. The highest BCUT2D eigenvalue weighted by Gasteiger charge is 2.15. The Morgan fingerprint density at radius 3 is 2.12 bits per heavy atom. The zero-order valence-corrected chi connectivity index (χ0v) is 15.6. The summed E-state index contributed by atoms with van der Waals surface area (Å²) in [6, 6.07) is 0. The van der Waals surface area contributed by atoms with E-state index in [1.165, 1.54) is 6.21 Å². The molecule has 0 radical (unpaired) electrons. The molecule has 150 valence electrons. The molecule has 0 aromatic rings. The summed E-state index contributed by atoms with van der Waals surface area (Å²) >= 11 is 0. The van der Waals surface area contributed by atoms with Crippen LogP contribution >= 0.6 is 0 Å². The second kappa shape index (κ2) is 16.1. The van der Waals surface area contributed by atoms with E-state index in [2.05, 4.69) is 15.8 Å². The number of Topliss-reactive ketones (excluding diaryl/α,β-unsaturated/α-hetero) is 1. The maximum atomic E-state index is 11.5. The Labute approximate surface area is 153 Å². The third-order valence-electron chi connectivity index (χ3n) is 2.80. The van der Waals surface area contributed by atoms with Crippen LogP contribution in [-0.4, -0.2) is 69.8 Å². The van der Waals surface area contributed by atoms with Gasteiger partial charge in [-0.25, -0.2) is 9.59 Å². The average molecular weight is 375 g/mol. The van der Waals surface area contributed by atoms with Gasteiger partial charge in [-0.05, 0) is 27.2 Å². The van der Waals surface area contributed by atoms with Crippen LogP contribution in [0.25, 0.3) is 0 Å². The maximum absolute atomic E-state index is 11.5. The Morgan fingerprint density at radius 2 is 1.62 bits per heavy atom. The molecule has 10 nitrogen and oxygen atoms in total. The Morgan fingerprint density at radius 1 is 1.04 bits per heavy atom. The molecule has 10 heteroatoms. The summed E-state index contributed by atoms with van der Waals surface area (Å²) in [7, 11) is 0. The van der Waals surface area contributed by atoms with Crippen molar-refractivity contribution in [2.75, 3.05) is 39.5 Å². The average Bonchev–Trinajstić information content (AvgIpc) is 2.61. The molecule has 0 saturated carbocycles. The lowest BCUT2D eigenvalue weighted by Gasteiger charge is -2.18. The van der Waals surface area contributed by atoms with Gasteiger partial charge in [-0.3, -0.25) is 4.79 Å². The molecule has 0 fully saturated rings. The second-order valence-electron chi connectivity index (χ2n) is 5.03. The summed E-state index contributed by atoms with van der Waals surface area (Å²) in [4.78, 5) is 39.0. The largest absolute Gasteiger partial charge is 0.447 e. The number of rotatable bonds is 14. The first-order valence-corrected chi connectivity index (χ1v) is 8.57. The summed E-state index contributed by atoms with van der Waals surface area (Å²) in [5, 5.41) is 8.47. The van der Waals surface area contributed by atoms with Crippen molar-refractivity contribution in [1.82, 2.24) is 10.6 Å². The van der Waals surface area contributed by atoms with E-state index in [4.69, 9.17) is 19.0 Å². The number of oxime groups is 1. The molecule has 2 amide bonds. The van der Waals surface area contributed by atoms with E-state index in [-0.39, 0.29) is 38.6 Å². The van der Waals surface area contributed by atoms with Gasteiger partial charge in [0.15, 0.2) is 12.4 Å². The molecular formula is C16H29N3O7. The lowest BCUT2D eigenvalue weighted by Crippen LogP contribution is -2.34. The molecule has 0 unspecified atom stereocenters. The highest BCUT2D eigenvalue weighted by atomic mass is 16.6. The van der Waals surface area contributed by atoms with Gasteiger partial charge in [0, 0.05) is 32.3 Å². The predicted molar refractivity (Wildman–Crippen MR) is 94.1 cm³/mol. The van der Waals surface area contributed by atoms with Gasteiger partial charge in [-0.2, -0.15) is 0 Å². The first-order chi connectivity index (χ1) is 12.5. The molecule has 26 heavy (non-hydrogen) atoms. The molecule has 0 aromatic heterocycles. The van der Waals surface area contributed by atoms with Crippen molar-refractivity contribution in [3.8, 4) is 0 Å². The molecule has 0 aliphatic rings. The van der Waals surface area contributed by atoms with Gasteiger partial charge in [0.2, 0.25) is 0 Å². The molecule has 0 heterocycles. The fourth-order valence-corrected chi connectivity index (χ4v) is 1.65.